The molecular weight excluding hydrogens is 214 g/mol. The van der Waals surface area contributed by atoms with E-state index in [1.54, 1.807) is 0 Å². The van der Waals surface area contributed by atoms with E-state index in [1.807, 2.05) is 30.0 Å². The van der Waals surface area contributed by atoms with Gasteiger partial charge in [0, 0.05) is 11.6 Å². The minimum atomic E-state index is 0.813. The summed E-state index contributed by atoms with van der Waals surface area (Å²) in [6, 6.07) is 7.98. The standard InChI is InChI=1S/C11H16ClNS/c1-14-7-3-6-13-9-10-4-2-5-11(12)8-10/h2,4-5,8,13H,3,6-7,9H2,1H3. The predicted octanol–water partition coefficient (Wildman–Crippen LogP) is 3.18. The maximum Gasteiger partial charge on any atom is 0.0409 e. The fourth-order valence-electron chi connectivity index (χ4n) is 1.22. The van der Waals surface area contributed by atoms with Crippen LogP contribution in [0.25, 0.3) is 0 Å². The van der Waals surface area contributed by atoms with Gasteiger partial charge in [0.25, 0.3) is 0 Å². The van der Waals surface area contributed by atoms with Crippen molar-refractivity contribution in [3.8, 4) is 0 Å². The molecule has 3 heteroatoms. The normalized spacial score (nSPS) is 10.4. The van der Waals surface area contributed by atoms with Crippen LogP contribution >= 0.6 is 23.4 Å². The summed E-state index contributed by atoms with van der Waals surface area (Å²) in [6.45, 7) is 1.99. The molecule has 0 aromatic heterocycles. The van der Waals surface area contributed by atoms with E-state index in [2.05, 4.69) is 17.6 Å². The molecule has 1 N–H and O–H groups in total. The zero-order valence-electron chi connectivity index (χ0n) is 8.42. The minimum Gasteiger partial charge on any atom is -0.313 e. The van der Waals surface area contributed by atoms with Crippen LogP contribution < -0.4 is 5.32 Å². The van der Waals surface area contributed by atoms with Gasteiger partial charge in [-0.3, -0.25) is 0 Å². The molecule has 0 spiro atoms. The highest BCUT2D eigenvalue weighted by molar-refractivity contribution is 7.98. The van der Waals surface area contributed by atoms with Crippen molar-refractivity contribution in [2.24, 2.45) is 0 Å². The average molecular weight is 230 g/mol. The summed E-state index contributed by atoms with van der Waals surface area (Å²) in [7, 11) is 0. The van der Waals surface area contributed by atoms with E-state index in [4.69, 9.17) is 11.6 Å². The number of halogens is 1. The molecule has 0 unspecified atom stereocenters. The molecule has 1 aromatic rings. The van der Waals surface area contributed by atoms with E-state index in [-0.39, 0.29) is 0 Å². The predicted molar refractivity (Wildman–Crippen MR) is 66.2 cm³/mol. The summed E-state index contributed by atoms with van der Waals surface area (Å²) in [5.74, 6) is 1.22. The first-order valence-electron chi connectivity index (χ1n) is 4.77. The lowest BCUT2D eigenvalue weighted by atomic mass is 10.2. The first-order valence-corrected chi connectivity index (χ1v) is 6.54. The van der Waals surface area contributed by atoms with Crippen molar-refractivity contribution in [1.82, 2.24) is 5.32 Å². The largest absolute Gasteiger partial charge is 0.313 e. The fourth-order valence-corrected chi connectivity index (χ4v) is 1.87. The van der Waals surface area contributed by atoms with E-state index < -0.39 is 0 Å². The lowest BCUT2D eigenvalue weighted by molar-refractivity contribution is 0.679. The quantitative estimate of drug-likeness (QED) is 0.752. The van der Waals surface area contributed by atoms with Crippen LogP contribution in [0.2, 0.25) is 5.02 Å². The number of hydrogen-bond acceptors (Lipinski definition) is 2. The van der Waals surface area contributed by atoms with Gasteiger partial charge in [0.05, 0.1) is 0 Å². The first kappa shape index (κ1) is 11.9. The van der Waals surface area contributed by atoms with Crippen molar-refractivity contribution < 1.29 is 0 Å². The molecule has 14 heavy (non-hydrogen) atoms. The molecule has 1 aromatic carbocycles. The van der Waals surface area contributed by atoms with Gasteiger partial charge >= 0.3 is 0 Å². The Morgan fingerprint density at radius 2 is 2.29 bits per heavy atom. The zero-order valence-corrected chi connectivity index (χ0v) is 10.00. The second kappa shape index (κ2) is 7.16. The van der Waals surface area contributed by atoms with Gasteiger partial charge in [-0.05, 0) is 42.7 Å². The monoisotopic (exact) mass is 229 g/mol. The average Bonchev–Trinajstić information content (AvgIpc) is 2.18. The summed E-state index contributed by atoms with van der Waals surface area (Å²) in [5.41, 5.74) is 1.25. The molecular formula is C11H16ClNS. The molecule has 0 saturated carbocycles. The zero-order chi connectivity index (χ0) is 10.2. The number of thioether (sulfide) groups is 1. The number of benzene rings is 1. The Balaban J connectivity index is 2.18. The molecule has 0 radical (unpaired) electrons. The number of nitrogens with one attached hydrogen (secondary N) is 1. The summed E-state index contributed by atoms with van der Waals surface area (Å²) in [6.07, 6.45) is 3.36. The van der Waals surface area contributed by atoms with Crippen LogP contribution in [-0.4, -0.2) is 18.6 Å². The molecule has 78 valence electrons. The Bertz CT molecular complexity index is 265. The summed E-state index contributed by atoms with van der Waals surface area (Å²) < 4.78 is 0. The highest BCUT2D eigenvalue weighted by atomic mass is 35.5. The summed E-state index contributed by atoms with van der Waals surface area (Å²) in [5, 5.41) is 4.21. The van der Waals surface area contributed by atoms with Crippen LogP contribution in [0.1, 0.15) is 12.0 Å². The smallest absolute Gasteiger partial charge is 0.0409 e. The first-order chi connectivity index (χ1) is 6.83. The molecule has 0 amide bonds. The molecule has 0 aliphatic rings. The third kappa shape index (κ3) is 4.89. The number of hydrogen-bond donors (Lipinski definition) is 1. The van der Waals surface area contributed by atoms with Gasteiger partial charge in [0.15, 0.2) is 0 Å². The number of rotatable bonds is 6. The molecule has 0 aliphatic carbocycles. The van der Waals surface area contributed by atoms with Crippen LogP contribution in [-0.2, 0) is 6.54 Å². The van der Waals surface area contributed by atoms with Gasteiger partial charge in [-0.1, -0.05) is 23.7 Å². The van der Waals surface area contributed by atoms with Crippen LogP contribution in [0, 0.1) is 0 Å². The SMILES string of the molecule is CSCCCNCc1cccc(Cl)c1. The summed E-state index contributed by atoms with van der Waals surface area (Å²) in [4.78, 5) is 0. The van der Waals surface area contributed by atoms with Crippen molar-refractivity contribution >= 4 is 23.4 Å². The van der Waals surface area contributed by atoms with Crippen molar-refractivity contribution in [2.45, 2.75) is 13.0 Å². The van der Waals surface area contributed by atoms with Gasteiger partial charge < -0.3 is 5.32 Å². The van der Waals surface area contributed by atoms with Gasteiger partial charge in [-0.15, -0.1) is 0 Å². The molecule has 0 fully saturated rings. The van der Waals surface area contributed by atoms with Gasteiger partial charge in [-0.2, -0.15) is 11.8 Å². The third-order valence-corrected chi connectivity index (χ3v) is 2.85. The van der Waals surface area contributed by atoms with E-state index in [1.165, 1.54) is 17.7 Å². The van der Waals surface area contributed by atoms with Crippen LogP contribution in [0.3, 0.4) is 0 Å². The molecule has 1 nitrogen and oxygen atoms in total. The van der Waals surface area contributed by atoms with Gasteiger partial charge in [-0.25, -0.2) is 0 Å². The Hall–Kier alpha value is -0.180. The Morgan fingerprint density at radius 1 is 1.43 bits per heavy atom. The van der Waals surface area contributed by atoms with Crippen molar-refractivity contribution in [1.29, 1.82) is 0 Å². The fraction of sp³-hybridized carbons (Fsp3) is 0.455. The third-order valence-electron chi connectivity index (χ3n) is 1.92. The molecule has 0 bridgehead atoms. The van der Waals surface area contributed by atoms with Crippen molar-refractivity contribution in [3.05, 3.63) is 34.9 Å². The maximum absolute atomic E-state index is 5.88. The van der Waals surface area contributed by atoms with E-state index in [0.29, 0.717) is 0 Å². The van der Waals surface area contributed by atoms with Crippen LogP contribution in [0.5, 0.6) is 0 Å². The van der Waals surface area contributed by atoms with Crippen molar-refractivity contribution in [3.63, 3.8) is 0 Å². The Labute approximate surface area is 95.2 Å². The van der Waals surface area contributed by atoms with E-state index in [9.17, 15) is 0 Å². The highest BCUT2D eigenvalue weighted by Gasteiger charge is 1.93. The van der Waals surface area contributed by atoms with E-state index in [0.717, 1.165) is 18.1 Å². The Morgan fingerprint density at radius 3 is 3.00 bits per heavy atom. The second-order valence-corrected chi connectivity index (χ2v) is 4.58. The van der Waals surface area contributed by atoms with Gasteiger partial charge in [0.1, 0.15) is 0 Å². The molecule has 0 aliphatic heterocycles. The van der Waals surface area contributed by atoms with Gasteiger partial charge in [0.2, 0.25) is 0 Å². The van der Waals surface area contributed by atoms with Crippen molar-refractivity contribution in [2.75, 3.05) is 18.6 Å². The second-order valence-electron chi connectivity index (χ2n) is 3.15. The molecule has 0 saturated heterocycles. The maximum atomic E-state index is 5.88. The lowest BCUT2D eigenvalue weighted by Crippen LogP contribution is -2.15. The Kier molecular flexibility index (Phi) is 6.08. The topological polar surface area (TPSA) is 12.0 Å². The molecule has 0 atom stereocenters. The highest BCUT2D eigenvalue weighted by Crippen LogP contribution is 2.10. The molecule has 1 rings (SSSR count). The van der Waals surface area contributed by atoms with Crippen LogP contribution in [0.15, 0.2) is 24.3 Å². The summed E-state index contributed by atoms with van der Waals surface area (Å²) >= 11 is 7.77. The molecule has 0 heterocycles. The van der Waals surface area contributed by atoms with Crippen LogP contribution in [0.4, 0.5) is 0 Å². The van der Waals surface area contributed by atoms with E-state index >= 15 is 0 Å². The lowest BCUT2D eigenvalue weighted by Gasteiger charge is -2.04. The minimum absolute atomic E-state index is 0.813.